The Kier molecular flexibility index (Phi) is 3.02. The Hall–Kier alpha value is -2.54. The summed E-state index contributed by atoms with van der Waals surface area (Å²) in [6, 6.07) is 6.32. The maximum Gasteiger partial charge on any atom is 0.291 e. The van der Waals surface area contributed by atoms with Crippen LogP contribution in [0.25, 0.3) is 11.3 Å². The van der Waals surface area contributed by atoms with E-state index in [4.69, 9.17) is 4.74 Å². The minimum absolute atomic E-state index is 0.123. The highest BCUT2D eigenvalue weighted by Gasteiger charge is 2.54. The number of amidine groups is 1. The fourth-order valence-electron chi connectivity index (χ4n) is 3.95. The summed E-state index contributed by atoms with van der Waals surface area (Å²) in [5.74, 6) is 1.29. The highest BCUT2D eigenvalue weighted by molar-refractivity contribution is 5.90. The predicted octanol–water partition coefficient (Wildman–Crippen LogP) is 1.41. The topological polar surface area (TPSA) is 75.5 Å². The standard InChI is InChI=1S/C17H18N6O/c1-4-18-5-2-12(1)14-7-15(21-11-20-14)22-16-19-9-17(24-16)10-23-6-3-13(17)8-23/h1-2,4-5,7,11,13H,3,6,8-10H2,(H,19,20,21,22)/t13-,17+/m1/s1. The van der Waals surface area contributed by atoms with Gasteiger partial charge in [0.05, 0.1) is 12.2 Å². The second-order valence-corrected chi connectivity index (χ2v) is 6.66. The van der Waals surface area contributed by atoms with Gasteiger partial charge in [-0.2, -0.15) is 0 Å². The van der Waals surface area contributed by atoms with Gasteiger partial charge in [0.25, 0.3) is 6.02 Å². The van der Waals surface area contributed by atoms with Gasteiger partial charge in [0.1, 0.15) is 17.7 Å². The molecule has 1 spiro atoms. The van der Waals surface area contributed by atoms with E-state index in [1.54, 1.807) is 18.7 Å². The molecule has 2 bridgehead atoms. The lowest BCUT2D eigenvalue weighted by atomic mass is 9.88. The van der Waals surface area contributed by atoms with Gasteiger partial charge in [0, 0.05) is 43.0 Å². The van der Waals surface area contributed by atoms with Crippen LogP contribution in [0.15, 0.2) is 41.9 Å². The van der Waals surface area contributed by atoms with Gasteiger partial charge in [-0.05, 0) is 25.1 Å². The first-order chi connectivity index (χ1) is 11.8. The van der Waals surface area contributed by atoms with E-state index < -0.39 is 0 Å². The average molecular weight is 322 g/mol. The molecule has 2 fully saturated rings. The summed E-state index contributed by atoms with van der Waals surface area (Å²) in [5, 5.41) is 3.20. The van der Waals surface area contributed by atoms with E-state index >= 15 is 0 Å². The molecule has 5 heterocycles. The molecule has 7 heteroatoms. The second-order valence-electron chi connectivity index (χ2n) is 6.66. The van der Waals surface area contributed by atoms with Gasteiger partial charge in [-0.25, -0.2) is 15.0 Å². The van der Waals surface area contributed by atoms with E-state index in [1.807, 2.05) is 18.2 Å². The zero-order valence-corrected chi connectivity index (χ0v) is 13.2. The molecule has 2 aromatic heterocycles. The molecule has 3 aliphatic heterocycles. The molecule has 2 aromatic rings. The summed E-state index contributed by atoms with van der Waals surface area (Å²) in [4.78, 5) is 19.7. The number of nitrogens with zero attached hydrogens (tertiary/aromatic N) is 5. The Balaban J connectivity index is 1.32. The average Bonchev–Trinajstić information content (AvgIpc) is 3.33. The first-order valence-corrected chi connectivity index (χ1v) is 8.26. The maximum absolute atomic E-state index is 6.22. The van der Waals surface area contributed by atoms with Gasteiger partial charge in [0.2, 0.25) is 0 Å². The highest BCUT2D eigenvalue weighted by atomic mass is 16.5. The van der Waals surface area contributed by atoms with E-state index in [2.05, 4.69) is 30.2 Å². The van der Waals surface area contributed by atoms with Crippen molar-refractivity contribution in [3.05, 3.63) is 36.9 Å². The van der Waals surface area contributed by atoms with Gasteiger partial charge in [-0.15, -0.1) is 0 Å². The van der Waals surface area contributed by atoms with Crippen molar-refractivity contribution in [1.82, 2.24) is 19.9 Å². The quantitative estimate of drug-likeness (QED) is 0.901. The molecule has 0 radical (unpaired) electrons. The first kappa shape index (κ1) is 13.9. The van der Waals surface area contributed by atoms with Crippen LogP contribution in [0.3, 0.4) is 0 Å². The first-order valence-electron chi connectivity index (χ1n) is 8.26. The fraction of sp³-hybridized carbons (Fsp3) is 0.412. The third-order valence-electron chi connectivity index (χ3n) is 5.18. The highest BCUT2D eigenvalue weighted by Crippen LogP contribution is 2.41. The lowest BCUT2D eigenvalue weighted by Gasteiger charge is -2.32. The SMILES string of the molecule is c1cc(-c2cc(NC3=NC[C@@]4(CN5CC[C@@H]4C5)O3)ncn2)ccn1. The molecule has 0 saturated carbocycles. The van der Waals surface area contributed by atoms with Crippen molar-refractivity contribution in [2.24, 2.45) is 10.9 Å². The molecule has 3 aliphatic rings. The third kappa shape index (κ3) is 2.24. The van der Waals surface area contributed by atoms with Gasteiger partial charge in [-0.3, -0.25) is 15.2 Å². The van der Waals surface area contributed by atoms with E-state index in [9.17, 15) is 0 Å². The molecule has 7 nitrogen and oxygen atoms in total. The Labute approximate surface area is 139 Å². The van der Waals surface area contributed by atoms with E-state index in [0.717, 1.165) is 30.9 Å². The van der Waals surface area contributed by atoms with E-state index in [-0.39, 0.29) is 5.60 Å². The van der Waals surface area contributed by atoms with Crippen LogP contribution in [-0.4, -0.2) is 57.7 Å². The summed E-state index contributed by atoms with van der Waals surface area (Å²) in [6.07, 6.45) is 6.26. The lowest BCUT2D eigenvalue weighted by molar-refractivity contribution is 0.0364. The molecular formula is C17H18N6O. The number of piperidine rings is 1. The number of aliphatic imine (C=N–C) groups is 1. The summed E-state index contributed by atoms with van der Waals surface area (Å²) >= 11 is 0. The van der Waals surface area contributed by atoms with Crippen LogP contribution in [-0.2, 0) is 4.74 Å². The molecule has 0 aliphatic carbocycles. The minimum atomic E-state index is -0.123. The lowest BCUT2D eigenvalue weighted by Crippen LogP contribution is -2.46. The monoisotopic (exact) mass is 322 g/mol. The van der Waals surface area contributed by atoms with Crippen LogP contribution in [0.4, 0.5) is 5.82 Å². The number of anilines is 1. The van der Waals surface area contributed by atoms with Gasteiger partial charge >= 0.3 is 0 Å². The van der Waals surface area contributed by atoms with Gasteiger partial charge < -0.3 is 4.74 Å². The number of pyridine rings is 1. The molecular weight excluding hydrogens is 304 g/mol. The number of hydrogen-bond acceptors (Lipinski definition) is 7. The van der Waals surface area contributed by atoms with Crippen LogP contribution in [0.1, 0.15) is 6.42 Å². The van der Waals surface area contributed by atoms with Crippen molar-refractivity contribution >= 4 is 11.8 Å². The molecule has 24 heavy (non-hydrogen) atoms. The normalized spacial score (nSPS) is 30.4. The van der Waals surface area contributed by atoms with Crippen LogP contribution >= 0.6 is 0 Å². The number of nitrogens with one attached hydrogen (secondary N) is 1. The van der Waals surface area contributed by atoms with Crippen LogP contribution < -0.4 is 5.32 Å². The van der Waals surface area contributed by atoms with Gasteiger partial charge in [0.15, 0.2) is 0 Å². The van der Waals surface area contributed by atoms with Crippen molar-refractivity contribution in [2.75, 3.05) is 31.5 Å². The largest absolute Gasteiger partial charge is 0.455 e. The smallest absolute Gasteiger partial charge is 0.291 e. The van der Waals surface area contributed by atoms with Crippen LogP contribution in [0.5, 0.6) is 0 Å². The molecule has 1 unspecified atom stereocenters. The number of fused-ring (bicyclic) bond motifs is 3. The summed E-state index contributed by atoms with van der Waals surface area (Å²) < 4.78 is 6.22. The van der Waals surface area contributed by atoms with Crippen molar-refractivity contribution in [3.63, 3.8) is 0 Å². The Morgan fingerprint density at radius 3 is 2.96 bits per heavy atom. The summed E-state index contributed by atoms with van der Waals surface area (Å²) in [7, 11) is 0. The summed E-state index contributed by atoms with van der Waals surface area (Å²) in [5.41, 5.74) is 1.72. The summed E-state index contributed by atoms with van der Waals surface area (Å²) in [6.45, 7) is 4.05. The zero-order valence-electron chi connectivity index (χ0n) is 13.2. The second kappa shape index (κ2) is 5.24. The number of aromatic nitrogens is 3. The van der Waals surface area contributed by atoms with Crippen molar-refractivity contribution in [2.45, 2.75) is 12.0 Å². The predicted molar refractivity (Wildman–Crippen MR) is 89.6 cm³/mol. The third-order valence-corrected chi connectivity index (χ3v) is 5.18. The molecule has 2 saturated heterocycles. The van der Waals surface area contributed by atoms with Crippen LogP contribution in [0, 0.1) is 5.92 Å². The molecule has 0 aromatic carbocycles. The minimum Gasteiger partial charge on any atom is -0.455 e. The number of rotatable bonds is 2. The zero-order chi connectivity index (χ0) is 16.0. The van der Waals surface area contributed by atoms with Crippen molar-refractivity contribution < 1.29 is 4.74 Å². The number of ether oxygens (including phenoxy) is 1. The van der Waals surface area contributed by atoms with E-state index in [1.165, 1.54) is 13.0 Å². The van der Waals surface area contributed by atoms with Crippen molar-refractivity contribution in [3.8, 4) is 11.3 Å². The Morgan fingerprint density at radius 1 is 1.25 bits per heavy atom. The molecule has 0 amide bonds. The number of hydrogen-bond donors (Lipinski definition) is 1. The van der Waals surface area contributed by atoms with E-state index in [0.29, 0.717) is 17.8 Å². The molecule has 122 valence electrons. The Morgan fingerprint density at radius 2 is 2.17 bits per heavy atom. The fourth-order valence-corrected chi connectivity index (χ4v) is 3.95. The maximum atomic E-state index is 6.22. The van der Waals surface area contributed by atoms with Crippen LogP contribution in [0.2, 0.25) is 0 Å². The van der Waals surface area contributed by atoms with Crippen molar-refractivity contribution in [1.29, 1.82) is 0 Å². The van der Waals surface area contributed by atoms with Gasteiger partial charge in [-0.1, -0.05) is 0 Å². The molecule has 3 atom stereocenters. The Bertz CT molecular complexity index is 795. The molecule has 5 rings (SSSR count). The molecule has 1 N–H and O–H groups in total.